The van der Waals surface area contributed by atoms with Gasteiger partial charge in [0.1, 0.15) is 6.54 Å². The fourth-order valence-corrected chi connectivity index (χ4v) is 5.56. The summed E-state index contributed by atoms with van der Waals surface area (Å²) < 4.78 is 28.6. The van der Waals surface area contributed by atoms with Crippen LogP contribution < -0.4 is 11.0 Å². The molecule has 4 rings (SSSR count). The number of carbonyl (C=O) groups excluding carboxylic acids is 1. The number of rotatable bonds is 5. The summed E-state index contributed by atoms with van der Waals surface area (Å²) in [6.07, 6.45) is 4.00. The zero-order valence-corrected chi connectivity index (χ0v) is 19.3. The Hall–Kier alpha value is -2.46. The van der Waals surface area contributed by atoms with Crippen molar-refractivity contribution in [2.45, 2.75) is 30.7 Å². The highest BCUT2D eigenvalue weighted by Crippen LogP contribution is 2.26. The summed E-state index contributed by atoms with van der Waals surface area (Å²) in [6, 6.07) is 9.10. The van der Waals surface area contributed by atoms with Gasteiger partial charge in [-0.05, 0) is 49.2 Å². The van der Waals surface area contributed by atoms with Crippen molar-refractivity contribution in [3.63, 3.8) is 0 Å². The highest BCUT2D eigenvalue weighted by atomic mass is 35.5. The molecule has 3 aromatic rings. The van der Waals surface area contributed by atoms with E-state index in [-0.39, 0.29) is 11.4 Å². The maximum absolute atomic E-state index is 13.0. The smallest absolute Gasteiger partial charge is 0.323 e. The van der Waals surface area contributed by atoms with Gasteiger partial charge in [-0.2, -0.15) is 4.31 Å². The molecule has 1 fully saturated rings. The Labute approximate surface area is 194 Å². The molecule has 1 saturated heterocycles. The predicted molar refractivity (Wildman–Crippen MR) is 124 cm³/mol. The van der Waals surface area contributed by atoms with E-state index in [1.54, 1.807) is 12.1 Å². The predicted octanol–water partition coefficient (Wildman–Crippen LogP) is 3.52. The van der Waals surface area contributed by atoms with Crippen LogP contribution >= 0.6 is 23.2 Å². The number of halogens is 2. The molecule has 1 aliphatic rings. The molecule has 0 bridgehead atoms. The van der Waals surface area contributed by atoms with Crippen molar-refractivity contribution < 1.29 is 13.2 Å². The number of anilines is 1. The van der Waals surface area contributed by atoms with Crippen LogP contribution in [0.3, 0.4) is 0 Å². The molecule has 32 heavy (non-hydrogen) atoms. The Morgan fingerprint density at radius 3 is 2.56 bits per heavy atom. The maximum Gasteiger partial charge on any atom is 0.348 e. The van der Waals surface area contributed by atoms with Gasteiger partial charge >= 0.3 is 5.69 Å². The number of nitrogens with one attached hydrogen (secondary N) is 1. The molecule has 0 aliphatic carbocycles. The Balaban J connectivity index is 1.64. The number of benzene rings is 2. The Bertz CT molecular complexity index is 1350. The summed E-state index contributed by atoms with van der Waals surface area (Å²) in [7, 11) is -3.64. The minimum absolute atomic E-state index is 0.133. The number of sulfonamides is 1. The van der Waals surface area contributed by atoms with Crippen LogP contribution in [0.5, 0.6) is 0 Å². The second kappa shape index (κ2) is 9.19. The quantitative estimate of drug-likeness (QED) is 0.584. The van der Waals surface area contributed by atoms with Gasteiger partial charge < -0.3 is 5.32 Å². The van der Waals surface area contributed by atoms with Crippen molar-refractivity contribution in [1.82, 2.24) is 13.9 Å². The third kappa shape index (κ3) is 4.66. The van der Waals surface area contributed by atoms with E-state index < -0.39 is 21.6 Å². The lowest BCUT2D eigenvalue weighted by molar-refractivity contribution is -0.116. The number of piperidine rings is 1. The fraction of sp³-hybridized carbons (Fsp3) is 0.286. The molecular weight excluding hydrogens is 475 g/mol. The molecule has 2 heterocycles. The zero-order chi connectivity index (χ0) is 22.9. The van der Waals surface area contributed by atoms with Crippen LogP contribution in [-0.4, -0.2) is 41.3 Å². The van der Waals surface area contributed by atoms with Crippen molar-refractivity contribution in [3.05, 3.63) is 63.1 Å². The normalized spacial score (nSPS) is 15.1. The van der Waals surface area contributed by atoms with Crippen molar-refractivity contribution in [1.29, 1.82) is 0 Å². The lowest BCUT2D eigenvalue weighted by Crippen LogP contribution is -2.35. The molecule has 0 radical (unpaired) electrons. The van der Waals surface area contributed by atoms with Crippen molar-refractivity contribution >= 4 is 55.7 Å². The van der Waals surface area contributed by atoms with E-state index in [9.17, 15) is 18.0 Å². The van der Waals surface area contributed by atoms with E-state index in [0.717, 1.165) is 19.3 Å². The lowest BCUT2D eigenvalue weighted by atomic mass is 10.2. The number of hydrogen-bond acceptors (Lipinski definition) is 5. The molecule has 1 aliphatic heterocycles. The molecule has 8 nitrogen and oxygen atoms in total. The number of aromatic nitrogens is 2. The van der Waals surface area contributed by atoms with Gasteiger partial charge in [0.05, 0.1) is 21.1 Å². The van der Waals surface area contributed by atoms with Crippen LogP contribution in [0.4, 0.5) is 5.69 Å². The first-order valence-electron chi connectivity index (χ1n) is 10.0. The Morgan fingerprint density at radius 1 is 1.06 bits per heavy atom. The first-order valence-corrected chi connectivity index (χ1v) is 12.2. The number of amides is 1. The Morgan fingerprint density at radius 2 is 1.81 bits per heavy atom. The van der Waals surface area contributed by atoms with Crippen molar-refractivity contribution in [2.24, 2.45) is 0 Å². The third-order valence-corrected chi connectivity index (χ3v) is 7.75. The summed E-state index contributed by atoms with van der Waals surface area (Å²) in [5, 5.41) is 3.77. The van der Waals surface area contributed by atoms with Gasteiger partial charge in [0.15, 0.2) is 0 Å². The van der Waals surface area contributed by atoms with Gasteiger partial charge in [-0.3, -0.25) is 9.36 Å². The number of nitrogens with zero attached hydrogens (tertiary/aromatic N) is 3. The summed E-state index contributed by atoms with van der Waals surface area (Å²) in [6.45, 7) is 0.652. The van der Waals surface area contributed by atoms with E-state index in [2.05, 4.69) is 10.3 Å². The molecule has 2 aromatic carbocycles. The second-order valence-electron chi connectivity index (χ2n) is 7.48. The molecule has 1 aromatic heterocycles. The average molecular weight is 495 g/mol. The van der Waals surface area contributed by atoms with E-state index in [1.807, 2.05) is 0 Å². The number of fused-ring (bicyclic) bond motifs is 1. The first-order chi connectivity index (χ1) is 15.3. The van der Waals surface area contributed by atoms with Crippen LogP contribution in [0, 0.1) is 0 Å². The molecule has 168 valence electrons. The minimum atomic E-state index is -3.64. The highest BCUT2D eigenvalue weighted by molar-refractivity contribution is 7.89. The minimum Gasteiger partial charge on any atom is -0.323 e. The standard InChI is InChI=1S/C21H20Cl2N4O4S/c22-15-4-6-17(23)18(11-15)25-20(28)13-27-19-7-5-16(10-14(19)12-24-21(27)29)32(30,31)26-8-2-1-3-9-26/h4-7,10-12H,1-3,8-9,13H2,(H,25,28). The van der Waals surface area contributed by atoms with E-state index in [4.69, 9.17) is 23.2 Å². The first kappa shape index (κ1) is 22.7. The zero-order valence-electron chi connectivity index (χ0n) is 16.9. The van der Waals surface area contributed by atoms with E-state index in [0.29, 0.717) is 39.7 Å². The molecule has 1 amide bonds. The van der Waals surface area contributed by atoms with Crippen molar-refractivity contribution in [2.75, 3.05) is 18.4 Å². The van der Waals surface area contributed by atoms with Gasteiger partial charge in [-0.1, -0.05) is 29.6 Å². The summed E-state index contributed by atoms with van der Waals surface area (Å²) >= 11 is 12.0. The summed E-state index contributed by atoms with van der Waals surface area (Å²) in [4.78, 5) is 28.9. The molecule has 0 saturated carbocycles. The Kier molecular flexibility index (Phi) is 6.52. The molecule has 0 unspecified atom stereocenters. The molecule has 0 atom stereocenters. The fourth-order valence-electron chi connectivity index (χ4n) is 3.67. The highest BCUT2D eigenvalue weighted by Gasteiger charge is 2.26. The van der Waals surface area contributed by atoms with E-state index >= 15 is 0 Å². The lowest BCUT2D eigenvalue weighted by Gasteiger charge is -2.26. The van der Waals surface area contributed by atoms with Gasteiger partial charge in [-0.15, -0.1) is 0 Å². The maximum atomic E-state index is 13.0. The monoisotopic (exact) mass is 494 g/mol. The largest absolute Gasteiger partial charge is 0.348 e. The number of carbonyl (C=O) groups is 1. The van der Waals surface area contributed by atoms with Crippen molar-refractivity contribution in [3.8, 4) is 0 Å². The van der Waals surface area contributed by atoms with Gasteiger partial charge in [0.25, 0.3) is 0 Å². The second-order valence-corrected chi connectivity index (χ2v) is 10.3. The topological polar surface area (TPSA) is 101 Å². The third-order valence-electron chi connectivity index (χ3n) is 5.29. The number of hydrogen-bond donors (Lipinski definition) is 1. The van der Waals surface area contributed by atoms with E-state index in [1.165, 1.54) is 39.3 Å². The van der Waals surface area contributed by atoms with Crippen LogP contribution in [0.1, 0.15) is 19.3 Å². The molecule has 1 N–H and O–H groups in total. The molecule has 0 spiro atoms. The summed E-state index contributed by atoms with van der Waals surface area (Å²) in [5.74, 6) is -0.504. The molecule has 11 heteroatoms. The van der Waals surface area contributed by atoms with Crippen LogP contribution in [0.2, 0.25) is 10.0 Å². The van der Waals surface area contributed by atoms with Crippen LogP contribution in [-0.2, 0) is 21.4 Å². The average Bonchev–Trinajstić information content (AvgIpc) is 2.78. The summed E-state index contributed by atoms with van der Waals surface area (Å²) in [5.41, 5.74) is 0.0896. The van der Waals surface area contributed by atoms with Gasteiger partial charge in [-0.25, -0.2) is 18.2 Å². The van der Waals surface area contributed by atoms with Crippen LogP contribution in [0.15, 0.2) is 52.3 Å². The van der Waals surface area contributed by atoms with Crippen LogP contribution in [0.25, 0.3) is 10.9 Å². The van der Waals surface area contributed by atoms with Gasteiger partial charge in [0.2, 0.25) is 15.9 Å². The molecular formula is C21H20Cl2N4O4S. The SMILES string of the molecule is O=C(Cn1c(=O)ncc2cc(S(=O)(=O)N3CCCCC3)ccc21)Nc1cc(Cl)ccc1Cl. The van der Waals surface area contributed by atoms with Gasteiger partial charge in [0, 0.05) is 29.7 Å².